The van der Waals surface area contributed by atoms with Crippen LogP contribution >= 0.6 is 0 Å². The highest BCUT2D eigenvalue weighted by molar-refractivity contribution is 6.03. The average Bonchev–Trinajstić information content (AvgIpc) is 3.25. The Labute approximate surface area is 167 Å². The third-order valence-corrected chi connectivity index (χ3v) is 5.00. The zero-order chi connectivity index (χ0) is 20.5. The molecule has 1 aromatic heterocycles. The molecule has 0 saturated carbocycles. The summed E-state index contributed by atoms with van der Waals surface area (Å²) < 4.78 is 15.7. The van der Waals surface area contributed by atoms with Gasteiger partial charge >= 0.3 is 0 Å². The predicted octanol–water partition coefficient (Wildman–Crippen LogP) is 3.62. The molecule has 1 aliphatic heterocycles. The van der Waals surface area contributed by atoms with E-state index in [1.54, 1.807) is 28.9 Å². The van der Waals surface area contributed by atoms with Crippen LogP contribution in [-0.4, -0.2) is 28.1 Å². The molecule has 1 saturated heterocycles. The van der Waals surface area contributed by atoms with Crippen molar-refractivity contribution in [2.75, 3.05) is 16.8 Å². The standard InChI is InChI=1S/C22H21FN4O2/c1-14-7-9-17(10-8-14)27-20(11-15(2)25-27)24-22(29)16-12-21(28)26(13-16)19-6-4-3-5-18(19)23/h3-11,16H,12-13H2,1-2H3,(H,24,29). The van der Waals surface area contributed by atoms with Gasteiger partial charge in [-0.1, -0.05) is 29.8 Å². The van der Waals surface area contributed by atoms with Crippen LogP contribution < -0.4 is 10.2 Å². The Morgan fingerprint density at radius 3 is 2.59 bits per heavy atom. The number of anilines is 2. The summed E-state index contributed by atoms with van der Waals surface area (Å²) in [5.74, 6) is -1.06. The molecule has 0 spiro atoms. The third-order valence-electron chi connectivity index (χ3n) is 5.00. The quantitative estimate of drug-likeness (QED) is 0.737. The van der Waals surface area contributed by atoms with Crippen molar-refractivity contribution >= 4 is 23.3 Å². The molecule has 0 aliphatic carbocycles. The fourth-order valence-electron chi connectivity index (χ4n) is 3.49. The number of carbonyl (C=O) groups is 2. The SMILES string of the molecule is Cc1ccc(-n2nc(C)cc2NC(=O)C2CC(=O)N(c3ccccc3F)C2)cc1. The van der Waals surface area contributed by atoms with Gasteiger partial charge in [0.05, 0.1) is 23.0 Å². The highest BCUT2D eigenvalue weighted by Gasteiger charge is 2.36. The van der Waals surface area contributed by atoms with Crippen LogP contribution in [0.2, 0.25) is 0 Å². The molecule has 4 rings (SSSR count). The van der Waals surface area contributed by atoms with Gasteiger partial charge in [0.25, 0.3) is 0 Å². The van der Waals surface area contributed by atoms with Crippen LogP contribution in [0.25, 0.3) is 5.69 Å². The van der Waals surface area contributed by atoms with Crippen molar-refractivity contribution in [3.63, 3.8) is 0 Å². The van der Waals surface area contributed by atoms with Gasteiger partial charge in [0, 0.05) is 19.0 Å². The normalized spacial score (nSPS) is 16.3. The number of hydrogen-bond donors (Lipinski definition) is 1. The van der Waals surface area contributed by atoms with E-state index in [0.29, 0.717) is 5.82 Å². The molecule has 1 fully saturated rings. The molecule has 3 aromatic rings. The van der Waals surface area contributed by atoms with Gasteiger partial charge in [-0.2, -0.15) is 5.10 Å². The van der Waals surface area contributed by atoms with Gasteiger partial charge < -0.3 is 10.2 Å². The van der Waals surface area contributed by atoms with Crippen molar-refractivity contribution in [1.29, 1.82) is 0 Å². The molecule has 0 bridgehead atoms. The minimum absolute atomic E-state index is 0.0395. The lowest BCUT2D eigenvalue weighted by Crippen LogP contribution is -2.29. The topological polar surface area (TPSA) is 67.2 Å². The Kier molecular flexibility index (Phi) is 4.88. The second-order valence-electron chi connectivity index (χ2n) is 7.26. The first kappa shape index (κ1) is 18.9. The number of nitrogens with zero attached hydrogens (tertiary/aromatic N) is 3. The second-order valence-corrected chi connectivity index (χ2v) is 7.26. The number of para-hydroxylation sites is 1. The van der Waals surface area contributed by atoms with Crippen molar-refractivity contribution in [2.45, 2.75) is 20.3 Å². The Bertz CT molecular complexity index is 1070. The maximum atomic E-state index is 14.1. The molecule has 2 amide bonds. The van der Waals surface area contributed by atoms with E-state index in [1.807, 2.05) is 38.1 Å². The van der Waals surface area contributed by atoms with Gasteiger partial charge in [-0.15, -0.1) is 0 Å². The number of aromatic nitrogens is 2. The zero-order valence-electron chi connectivity index (χ0n) is 16.2. The lowest BCUT2D eigenvalue weighted by Gasteiger charge is -2.17. The number of hydrogen-bond acceptors (Lipinski definition) is 3. The fourth-order valence-corrected chi connectivity index (χ4v) is 3.49. The van der Waals surface area contributed by atoms with Gasteiger partial charge in [-0.3, -0.25) is 9.59 Å². The van der Waals surface area contributed by atoms with E-state index in [0.717, 1.165) is 16.9 Å². The van der Waals surface area contributed by atoms with Gasteiger partial charge in [-0.05, 0) is 38.1 Å². The lowest BCUT2D eigenvalue weighted by atomic mass is 10.1. The fraction of sp³-hybridized carbons (Fsp3) is 0.227. The van der Waals surface area contributed by atoms with Gasteiger partial charge in [0.15, 0.2) is 0 Å². The average molecular weight is 392 g/mol. The maximum Gasteiger partial charge on any atom is 0.230 e. The Hall–Kier alpha value is -3.48. The Morgan fingerprint density at radius 1 is 1.14 bits per heavy atom. The zero-order valence-corrected chi connectivity index (χ0v) is 16.2. The minimum atomic E-state index is -0.566. The Balaban J connectivity index is 1.53. The molecule has 1 N–H and O–H groups in total. The highest BCUT2D eigenvalue weighted by Crippen LogP contribution is 2.28. The predicted molar refractivity (Wildman–Crippen MR) is 109 cm³/mol. The summed E-state index contributed by atoms with van der Waals surface area (Å²) in [6.45, 7) is 3.99. The Morgan fingerprint density at radius 2 is 1.86 bits per heavy atom. The lowest BCUT2D eigenvalue weighted by molar-refractivity contribution is -0.122. The van der Waals surface area contributed by atoms with Crippen molar-refractivity contribution in [3.8, 4) is 5.69 Å². The smallest absolute Gasteiger partial charge is 0.230 e. The summed E-state index contributed by atoms with van der Waals surface area (Å²) in [5.41, 5.74) is 2.92. The van der Waals surface area contributed by atoms with E-state index in [-0.39, 0.29) is 30.5 Å². The number of rotatable bonds is 4. The number of nitrogens with one attached hydrogen (secondary N) is 1. The van der Waals surface area contributed by atoms with Crippen LogP contribution in [0.5, 0.6) is 0 Å². The van der Waals surface area contributed by atoms with E-state index in [1.165, 1.54) is 11.0 Å². The monoisotopic (exact) mass is 392 g/mol. The number of amides is 2. The second kappa shape index (κ2) is 7.50. The maximum absolute atomic E-state index is 14.1. The molecular weight excluding hydrogens is 371 g/mol. The summed E-state index contributed by atoms with van der Waals surface area (Å²) in [5, 5.41) is 7.34. The molecule has 1 atom stereocenters. The molecule has 1 unspecified atom stereocenters. The summed E-state index contributed by atoms with van der Waals surface area (Å²) in [4.78, 5) is 26.6. The minimum Gasteiger partial charge on any atom is -0.310 e. The molecule has 2 heterocycles. The number of carbonyl (C=O) groups excluding carboxylic acids is 2. The number of halogens is 1. The number of aryl methyl sites for hydroxylation is 2. The van der Waals surface area contributed by atoms with Crippen molar-refractivity contribution in [1.82, 2.24) is 9.78 Å². The largest absolute Gasteiger partial charge is 0.310 e. The van der Waals surface area contributed by atoms with Crippen molar-refractivity contribution in [2.24, 2.45) is 5.92 Å². The summed E-state index contributed by atoms with van der Waals surface area (Å²) in [6, 6.07) is 15.7. The molecular formula is C22H21FN4O2. The molecule has 0 radical (unpaired) electrons. The molecule has 148 valence electrons. The highest BCUT2D eigenvalue weighted by atomic mass is 19.1. The first-order chi connectivity index (χ1) is 13.9. The molecule has 1 aliphatic rings. The first-order valence-corrected chi connectivity index (χ1v) is 9.42. The summed E-state index contributed by atoms with van der Waals surface area (Å²) >= 11 is 0. The van der Waals surface area contributed by atoms with Crippen LogP contribution in [0.15, 0.2) is 54.6 Å². The molecule has 7 heteroatoms. The molecule has 6 nitrogen and oxygen atoms in total. The molecule has 2 aromatic carbocycles. The summed E-state index contributed by atoms with van der Waals surface area (Å²) in [7, 11) is 0. The van der Waals surface area contributed by atoms with E-state index in [2.05, 4.69) is 10.4 Å². The van der Waals surface area contributed by atoms with Crippen LogP contribution in [0.3, 0.4) is 0 Å². The van der Waals surface area contributed by atoms with Crippen LogP contribution in [0, 0.1) is 25.6 Å². The molecule has 29 heavy (non-hydrogen) atoms. The first-order valence-electron chi connectivity index (χ1n) is 9.42. The number of benzene rings is 2. The van der Waals surface area contributed by atoms with Crippen molar-refractivity contribution in [3.05, 3.63) is 71.7 Å². The van der Waals surface area contributed by atoms with Crippen LogP contribution in [-0.2, 0) is 9.59 Å². The van der Waals surface area contributed by atoms with E-state index in [4.69, 9.17) is 0 Å². The van der Waals surface area contributed by atoms with E-state index >= 15 is 0 Å². The van der Waals surface area contributed by atoms with Gasteiger partial charge in [-0.25, -0.2) is 9.07 Å². The van der Waals surface area contributed by atoms with E-state index in [9.17, 15) is 14.0 Å². The van der Waals surface area contributed by atoms with Crippen LogP contribution in [0.1, 0.15) is 17.7 Å². The summed E-state index contributed by atoms with van der Waals surface area (Å²) in [6.07, 6.45) is 0.0395. The third kappa shape index (κ3) is 3.76. The van der Waals surface area contributed by atoms with E-state index < -0.39 is 11.7 Å². The van der Waals surface area contributed by atoms with Crippen molar-refractivity contribution < 1.29 is 14.0 Å². The van der Waals surface area contributed by atoms with Gasteiger partial charge in [0.1, 0.15) is 11.6 Å². The van der Waals surface area contributed by atoms with Crippen LogP contribution in [0.4, 0.5) is 15.9 Å². The van der Waals surface area contributed by atoms with Gasteiger partial charge in [0.2, 0.25) is 11.8 Å².